The molecule has 0 aliphatic carbocycles. The summed E-state index contributed by atoms with van der Waals surface area (Å²) in [6.45, 7) is 3.65. The van der Waals surface area contributed by atoms with Crippen LogP contribution in [0.2, 0.25) is 0 Å². The van der Waals surface area contributed by atoms with Gasteiger partial charge in [0, 0.05) is 37.2 Å². The number of carbonyl (C=O) groups excluding carboxylic acids is 2. The Morgan fingerprint density at radius 1 is 1.09 bits per heavy atom. The Balaban J connectivity index is 1.60. The van der Waals surface area contributed by atoms with Gasteiger partial charge in [-0.3, -0.25) is 9.59 Å². The van der Waals surface area contributed by atoms with Gasteiger partial charge in [0.05, 0.1) is 6.04 Å². The van der Waals surface area contributed by atoms with Crippen LogP contribution in [0.4, 0.5) is 0 Å². The van der Waals surface area contributed by atoms with E-state index in [9.17, 15) is 9.59 Å². The maximum absolute atomic E-state index is 13.7. The van der Waals surface area contributed by atoms with Crippen LogP contribution in [0.15, 0.2) is 66.0 Å². The Morgan fingerprint density at radius 3 is 2.61 bits per heavy atom. The van der Waals surface area contributed by atoms with Crippen molar-refractivity contribution in [3.05, 3.63) is 93.2 Å². The predicted molar refractivity (Wildman–Crippen MR) is 132 cm³/mol. The third-order valence-electron chi connectivity index (χ3n) is 6.17. The summed E-state index contributed by atoms with van der Waals surface area (Å²) in [6.07, 6.45) is 1.52. The largest absolute Gasteiger partial charge is 0.385 e. The van der Waals surface area contributed by atoms with Crippen LogP contribution in [-0.4, -0.2) is 55.0 Å². The topological polar surface area (TPSA) is 49.9 Å². The molecule has 1 aliphatic rings. The normalized spacial score (nSPS) is 15.2. The van der Waals surface area contributed by atoms with Crippen LogP contribution in [0.3, 0.4) is 0 Å². The van der Waals surface area contributed by atoms with Gasteiger partial charge < -0.3 is 14.5 Å². The SMILES string of the molecule is COCCCN(CC(=O)N1CCc2sccc2C1c1ccccc1)C(=O)c1ccccc1C. The molecule has 1 aliphatic heterocycles. The van der Waals surface area contributed by atoms with E-state index >= 15 is 0 Å². The first kappa shape index (κ1) is 23.2. The molecule has 2 heterocycles. The van der Waals surface area contributed by atoms with Crippen LogP contribution in [0.25, 0.3) is 0 Å². The molecule has 0 N–H and O–H groups in total. The molecule has 0 saturated heterocycles. The Morgan fingerprint density at radius 2 is 1.85 bits per heavy atom. The summed E-state index contributed by atoms with van der Waals surface area (Å²) < 4.78 is 5.20. The fraction of sp³-hybridized carbons (Fsp3) is 0.333. The highest BCUT2D eigenvalue weighted by Gasteiger charge is 2.34. The number of fused-ring (bicyclic) bond motifs is 1. The molecule has 2 amide bonds. The molecule has 0 radical (unpaired) electrons. The first-order chi connectivity index (χ1) is 16.1. The molecule has 1 atom stereocenters. The van der Waals surface area contributed by atoms with Gasteiger partial charge in [0.25, 0.3) is 5.91 Å². The molecule has 33 heavy (non-hydrogen) atoms. The molecular weight excluding hydrogens is 432 g/mol. The lowest BCUT2D eigenvalue weighted by atomic mass is 9.93. The van der Waals surface area contributed by atoms with Gasteiger partial charge in [0.1, 0.15) is 6.54 Å². The molecule has 0 spiro atoms. The van der Waals surface area contributed by atoms with Crippen molar-refractivity contribution in [3.8, 4) is 0 Å². The molecule has 0 fully saturated rings. The van der Waals surface area contributed by atoms with E-state index in [2.05, 4.69) is 23.6 Å². The summed E-state index contributed by atoms with van der Waals surface area (Å²) >= 11 is 1.75. The van der Waals surface area contributed by atoms with Crippen molar-refractivity contribution >= 4 is 23.2 Å². The van der Waals surface area contributed by atoms with E-state index in [4.69, 9.17) is 4.74 Å². The zero-order valence-corrected chi connectivity index (χ0v) is 20.0. The lowest BCUT2D eigenvalue weighted by Crippen LogP contribution is -2.47. The van der Waals surface area contributed by atoms with E-state index in [0.29, 0.717) is 31.7 Å². The van der Waals surface area contributed by atoms with Gasteiger partial charge in [-0.25, -0.2) is 0 Å². The summed E-state index contributed by atoms with van der Waals surface area (Å²) in [5.74, 6) is -0.137. The maximum Gasteiger partial charge on any atom is 0.254 e. The van der Waals surface area contributed by atoms with Crippen molar-refractivity contribution < 1.29 is 14.3 Å². The second-order valence-corrected chi connectivity index (χ2v) is 9.34. The van der Waals surface area contributed by atoms with Crippen LogP contribution >= 0.6 is 11.3 Å². The number of methoxy groups -OCH3 is 1. The molecule has 4 rings (SSSR count). The minimum Gasteiger partial charge on any atom is -0.385 e. The Labute approximate surface area is 199 Å². The molecular formula is C27H30N2O3S. The van der Waals surface area contributed by atoms with Crippen molar-refractivity contribution in [3.63, 3.8) is 0 Å². The van der Waals surface area contributed by atoms with E-state index in [-0.39, 0.29) is 24.4 Å². The van der Waals surface area contributed by atoms with Crippen molar-refractivity contribution in [2.45, 2.75) is 25.8 Å². The summed E-state index contributed by atoms with van der Waals surface area (Å²) in [5.41, 5.74) is 3.85. The molecule has 0 bridgehead atoms. The second-order valence-electron chi connectivity index (χ2n) is 8.34. The number of rotatable bonds is 8. The van der Waals surface area contributed by atoms with Gasteiger partial charge >= 0.3 is 0 Å². The third-order valence-corrected chi connectivity index (χ3v) is 7.16. The fourth-order valence-corrected chi connectivity index (χ4v) is 5.37. The Hall–Kier alpha value is -2.96. The fourth-order valence-electron chi connectivity index (χ4n) is 4.47. The van der Waals surface area contributed by atoms with Crippen molar-refractivity contribution in [1.82, 2.24) is 9.80 Å². The first-order valence-electron chi connectivity index (χ1n) is 11.3. The molecule has 0 saturated carbocycles. The smallest absolute Gasteiger partial charge is 0.254 e. The highest BCUT2D eigenvalue weighted by atomic mass is 32.1. The quantitative estimate of drug-likeness (QED) is 0.456. The van der Waals surface area contributed by atoms with Gasteiger partial charge in [0.2, 0.25) is 5.91 Å². The van der Waals surface area contributed by atoms with Gasteiger partial charge in [-0.05, 0) is 54.0 Å². The minimum absolute atomic E-state index is 0.0277. The standard InChI is InChI=1S/C27H30N2O3S/c1-20-9-6-7-12-22(20)27(31)28(15-8-17-32-2)19-25(30)29-16-13-24-23(14-18-33-24)26(29)21-10-4-3-5-11-21/h3-7,9-12,14,18,26H,8,13,15-17,19H2,1-2H3. The number of ether oxygens (including phenoxy) is 1. The number of nitrogens with zero attached hydrogens (tertiary/aromatic N) is 2. The van der Waals surface area contributed by atoms with Crippen molar-refractivity contribution in [2.75, 3.05) is 33.4 Å². The zero-order valence-electron chi connectivity index (χ0n) is 19.2. The summed E-state index contributed by atoms with van der Waals surface area (Å²) in [6, 6.07) is 19.7. The van der Waals surface area contributed by atoms with Crippen LogP contribution in [0.5, 0.6) is 0 Å². The molecule has 3 aromatic rings. The van der Waals surface area contributed by atoms with Crippen LogP contribution < -0.4 is 0 Å². The van der Waals surface area contributed by atoms with Gasteiger partial charge in [0.15, 0.2) is 0 Å². The van der Waals surface area contributed by atoms with E-state index in [1.807, 2.05) is 54.3 Å². The Kier molecular flexibility index (Phi) is 7.57. The number of thiophene rings is 1. The molecule has 2 aromatic carbocycles. The van der Waals surface area contributed by atoms with Gasteiger partial charge in [-0.1, -0.05) is 48.5 Å². The predicted octanol–water partition coefficient (Wildman–Crippen LogP) is 4.71. The molecule has 1 unspecified atom stereocenters. The first-order valence-corrected chi connectivity index (χ1v) is 12.2. The van der Waals surface area contributed by atoms with Crippen molar-refractivity contribution in [1.29, 1.82) is 0 Å². The number of amides is 2. The number of aryl methyl sites for hydroxylation is 1. The highest BCUT2D eigenvalue weighted by Crippen LogP contribution is 2.37. The molecule has 172 valence electrons. The van der Waals surface area contributed by atoms with Gasteiger partial charge in [-0.2, -0.15) is 0 Å². The zero-order chi connectivity index (χ0) is 23.2. The van der Waals surface area contributed by atoms with Crippen molar-refractivity contribution in [2.24, 2.45) is 0 Å². The third kappa shape index (κ3) is 5.18. The van der Waals surface area contributed by atoms with E-state index in [1.165, 1.54) is 10.4 Å². The number of benzene rings is 2. The van der Waals surface area contributed by atoms with E-state index < -0.39 is 0 Å². The monoisotopic (exact) mass is 462 g/mol. The number of carbonyl (C=O) groups is 2. The number of hydrogen-bond donors (Lipinski definition) is 0. The summed E-state index contributed by atoms with van der Waals surface area (Å²) in [5, 5.41) is 2.10. The average molecular weight is 463 g/mol. The second kappa shape index (κ2) is 10.8. The van der Waals surface area contributed by atoms with Crippen LogP contribution in [-0.2, 0) is 16.0 Å². The molecule has 5 nitrogen and oxygen atoms in total. The van der Waals surface area contributed by atoms with Crippen LogP contribution in [0.1, 0.15) is 44.4 Å². The van der Waals surface area contributed by atoms with E-state index in [1.54, 1.807) is 23.3 Å². The van der Waals surface area contributed by atoms with Crippen LogP contribution in [0, 0.1) is 6.92 Å². The number of hydrogen-bond acceptors (Lipinski definition) is 4. The maximum atomic E-state index is 13.7. The Bertz CT molecular complexity index is 1100. The lowest BCUT2D eigenvalue weighted by Gasteiger charge is -2.37. The summed E-state index contributed by atoms with van der Waals surface area (Å²) in [4.78, 5) is 32.0. The molecule has 6 heteroatoms. The van der Waals surface area contributed by atoms with Gasteiger partial charge in [-0.15, -0.1) is 11.3 Å². The highest BCUT2D eigenvalue weighted by molar-refractivity contribution is 7.10. The average Bonchev–Trinajstić information content (AvgIpc) is 3.32. The van der Waals surface area contributed by atoms with E-state index in [0.717, 1.165) is 17.5 Å². The molecule has 1 aromatic heterocycles. The minimum atomic E-state index is -0.122. The lowest BCUT2D eigenvalue weighted by molar-refractivity contribution is -0.134. The summed E-state index contributed by atoms with van der Waals surface area (Å²) in [7, 11) is 1.65.